The summed E-state index contributed by atoms with van der Waals surface area (Å²) in [4.78, 5) is 38.5. The summed E-state index contributed by atoms with van der Waals surface area (Å²) in [6.07, 6.45) is 3.40. The molecule has 4 heterocycles. The Kier molecular flexibility index (Phi) is 6.28. The normalized spacial score (nSPS) is 13.5. The number of thiazole rings is 1. The molecule has 35 heavy (non-hydrogen) atoms. The highest BCUT2D eigenvalue weighted by Crippen LogP contribution is 2.31. The second-order valence-electron chi connectivity index (χ2n) is 8.25. The summed E-state index contributed by atoms with van der Waals surface area (Å²) in [5, 5.41) is 7.54. The highest BCUT2D eigenvalue weighted by atomic mass is 32.1. The molecule has 1 aliphatic heterocycles. The summed E-state index contributed by atoms with van der Waals surface area (Å²) in [7, 11) is 0. The Balaban J connectivity index is 1.28. The van der Waals surface area contributed by atoms with Gasteiger partial charge < -0.3 is 14.7 Å². The molecular weight excluding hydrogens is 464 g/mol. The average molecular weight is 489 g/mol. The number of rotatable bonds is 7. The fourth-order valence-corrected chi connectivity index (χ4v) is 4.97. The fraction of sp³-hybridized carbons (Fsp3) is 0.240. The molecular formula is C25H24N6O3S. The number of carbonyl (C=O) groups is 2. The minimum Gasteiger partial charge on any atom is -0.356 e. The number of aryl methyl sites for hydroxylation is 2. The van der Waals surface area contributed by atoms with Gasteiger partial charge in [0.2, 0.25) is 0 Å². The van der Waals surface area contributed by atoms with Gasteiger partial charge in [0.15, 0.2) is 10.9 Å². The maximum Gasteiger partial charge on any atom is 0.326 e. The van der Waals surface area contributed by atoms with Crippen LogP contribution in [-0.4, -0.2) is 45.1 Å². The van der Waals surface area contributed by atoms with Gasteiger partial charge in [0, 0.05) is 43.2 Å². The molecule has 0 atom stereocenters. The molecule has 0 radical (unpaired) electrons. The molecule has 1 fully saturated rings. The highest BCUT2D eigenvalue weighted by Gasteiger charge is 2.34. The Hall–Kier alpha value is -4.05. The Bertz CT molecular complexity index is 1350. The van der Waals surface area contributed by atoms with E-state index in [1.54, 1.807) is 29.1 Å². The van der Waals surface area contributed by atoms with Crippen molar-refractivity contribution in [3.63, 3.8) is 0 Å². The molecule has 0 aliphatic carbocycles. The molecule has 1 aromatic carbocycles. The van der Waals surface area contributed by atoms with Gasteiger partial charge in [0.05, 0.1) is 17.9 Å². The molecule has 0 unspecified atom stereocenters. The minimum atomic E-state index is -0.216. The zero-order valence-electron chi connectivity index (χ0n) is 19.4. The molecule has 10 heteroatoms. The number of hydrogen-bond acceptors (Lipinski definition) is 7. The molecule has 5 rings (SSSR count). The third-order valence-electron chi connectivity index (χ3n) is 5.86. The van der Waals surface area contributed by atoms with Gasteiger partial charge in [-0.3, -0.25) is 14.7 Å². The van der Waals surface area contributed by atoms with E-state index in [4.69, 9.17) is 4.52 Å². The molecule has 1 saturated heterocycles. The van der Waals surface area contributed by atoms with Gasteiger partial charge in [-0.2, -0.15) is 0 Å². The predicted molar refractivity (Wildman–Crippen MR) is 132 cm³/mol. The molecule has 9 nitrogen and oxygen atoms in total. The largest absolute Gasteiger partial charge is 0.356 e. The topological polar surface area (TPSA) is 104 Å². The third kappa shape index (κ3) is 4.65. The summed E-state index contributed by atoms with van der Waals surface area (Å²) in [6, 6.07) is 13.3. The third-order valence-corrected chi connectivity index (χ3v) is 7.04. The average Bonchev–Trinajstić information content (AvgIpc) is 3.56. The molecule has 1 N–H and O–H groups in total. The first-order valence-electron chi connectivity index (χ1n) is 11.2. The van der Waals surface area contributed by atoms with E-state index in [-0.39, 0.29) is 11.9 Å². The lowest BCUT2D eigenvalue weighted by Gasteiger charge is -2.17. The van der Waals surface area contributed by atoms with E-state index in [1.165, 1.54) is 11.3 Å². The first-order chi connectivity index (χ1) is 17.0. The predicted octanol–water partition coefficient (Wildman–Crippen LogP) is 4.18. The van der Waals surface area contributed by atoms with Gasteiger partial charge in [-0.15, -0.1) is 0 Å². The number of hydrogen-bond donors (Lipinski definition) is 1. The highest BCUT2D eigenvalue weighted by molar-refractivity contribution is 7.17. The van der Waals surface area contributed by atoms with E-state index in [0.717, 1.165) is 22.4 Å². The van der Waals surface area contributed by atoms with E-state index in [1.807, 2.05) is 49.4 Å². The van der Waals surface area contributed by atoms with E-state index < -0.39 is 0 Å². The number of amides is 3. The fourth-order valence-electron chi connectivity index (χ4n) is 3.96. The summed E-state index contributed by atoms with van der Waals surface area (Å²) in [6.45, 7) is 5.45. The van der Waals surface area contributed by atoms with Crippen LogP contribution in [0.4, 0.5) is 9.93 Å². The zero-order chi connectivity index (χ0) is 24.4. The first-order valence-corrected chi connectivity index (χ1v) is 12.0. The Morgan fingerprint density at radius 2 is 1.94 bits per heavy atom. The number of urea groups is 1. The van der Waals surface area contributed by atoms with E-state index >= 15 is 0 Å². The quantitative estimate of drug-likeness (QED) is 0.418. The molecule has 4 aromatic rings. The zero-order valence-corrected chi connectivity index (χ0v) is 20.2. The lowest BCUT2D eigenvalue weighted by atomic mass is 10.1. The first kappa shape index (κ1) is 22.7. The van der Waals surface area contributed by atoms with Crippen LogP contribution in [0.1, 0.15) is 32.2 Å². The van der Waals surface area contributed by atoms with Crippen LogP contribution in [-0.2, 0) is 13.1 Å². The van der Waals surface area contributed by atoms with Crippen LogP contribution in [0.3, 0.4) is 0 Å². The lowest BCUT2D eigenvalue weighted by molar-refractivity contribution is 0.0954. The van der Waals surface area contributed by atoms with Crippen molar-refractivity contribution in [1.82, 2.24) is 25.3 Å². The van der Waals surface area contributed by atoms with Crippen LogP contribution >= 0.6 is 11.3 Å². The number of benzene rings is 1. The van der Waals surface area contributed by atoms with Crippen molar-refractivity contribution in [3.8, 4) is 11.3 Å². The minimum absolute atomic E-state index is 0.152. The standard InChI is InChI=1S/C25H24N6O3S/c1-16-20(21(34-29-16)19-8-4-3-5-9-19)15-30-11-12-31(25(30)33)24-28-17(2)22(35-24)23(32)27-14-18-7-6-10-26-13-18/h3-10,13H,11-12,14-15H2,1-2H3,(H,27,32). The molecule has 178 valence electrons. The van der Waals surface area contributed by atoms with Gasteiger partial charge in [0.25, 0.3) is 5.91 Å². The number of carbonyl (C=O) groups excluding carboxylic acids is 2. The van der Waals surface area contributed by atoms with Crippen LogP contribution in [0.5, 0.6) is 0 Å². The summed E-state index contributed by atoms with van der Waals surface area (Å²) >= 11 is 1.23. The lowest BCUT2D eigenvalue weighted by Crippen LogP contribution is -2.31. The van der Waals surface area contributed by atoms with Gasteiger partial charge in [-0.05, 0) is 25.5 Å². The smallest absolute Gasteiger partial charge is 0.326 e. The van der Waals surface area contributed by atoms with Crippen LogP contribution in [0.25, 0.3) is 11.3 Å². The number of aromatic nitrogens is 3. The van der Waals surface area contributed by atoms with Crippen molar-refractivity contribution in [3.05, 3.63) is 82.3 Å². The van der Waals surface area contributed by atoms with Crippen LogP contribution in [0.2, 0.25) is 0 Å². The maximum absolute atomic E-state index is 13.3. The van der Waals surface area contributed by atoms with Crippen LogP contribution in [0, 0.1) is 13.8 Å². The molecule has 1 aliphatic rings. The summed E-state index contributed by atoms with van der Waals surface area (Å²) in [5.74, 6) is 0.457. The SMILES string of the molecule is Cc1nc(N2CCN(Cc3c(C)noc3-c3ccccc3)C2=O)sc1C(=O)NCc1cccnc1. The van der Waals surface area contributed by atoms with Crippen molar-refractivity contribution in [1.29, 1.82) is 0 Å². The van der Waals surface area contributed by atoms with Gasteiger partial charge in [-0.1, -0.05) is 52.9 Å². The van der Waals surface area contributed by atoms with Crippen molar-refractivity contribution in [2.24, 2.45) is 0 Å². The molecule has 0 saturated carbocycles. The van der Waals surface area contributed by atoms with E-state index in [9.17, 15) is 9.59 Å². The van der Waals surface area contributed by atoms with Gasteiger partial charge >= 0.3 is 6.03 Å². The van der Waals surface area contributed by atoms with Crippen molar-refractivity contribution < 1.29 is 14.1 Å². The van der Waals surface area contributed by atoms with E-state index in [2.05, 4.69) is 20.4 Å². The molecule has 3 aromatic heterocycles. The van der Waals surface area contributed by atoms with Gasteiger partial charge in [0.1, 0.15) is 4.88 Å². The van der Waals surface area contributed by atoms with Crippen molar-refractivity contribution >= 4 is 28.4 Å². The number of anilines is 1. The van der Waals surface area contributed by atoms with Crippen LogP contribution in [0.15, 0.2) is 59.4 Å². The summed E-state index contributed by atoms with van der Waals surface area (Å²) < 4.78 is 5.58. The van der Waals surface area contributed by atoms with E-state index in [0.29, 0.717) is 47.6 Å². The van der Waals surface area contributed by atoms with Crippen molar-refractivity contribution in [2.75, 3.05) is 18.0 Å². The van der Waals surface area contributed by atoms with Gasteiger partial charge in [-0.25, -0.2) is 9.78 Å². The summed E-state index contributed by atoms with van der Waals surface area (Å²) in [5.41, 5.74) is 4.07. The molecule has 0 bridgehead atoms. The Morgan fingerprint density at radius 3 is 2.71 bits per heavy atom. The van der Waals surface area contributed by atoms with Crippen LogP contribution < -0.4 is 10.2 Å². The molecule has 0 spiro atoms. The second kappa shape index (κ2) is 9.67. The number of nitrogens with one attached hydrogen (secondary N) is 1. The monoisotopic (exact) mass is 488 g/mol. The second-order valence-corrected chi connectivity index (χ2v) is 9.23. The number of nitrogens with zero attached hydrogens (tertiary/aromatic N) is 5. The van der Waals surface area contributed by atoms with Crippen molar-refractivity contribution in [2.45, 2.75) is 26.9 Å². The Labute approximate surface area is 206 Å². The maximum atomic E-state index is 13.3. The number of pyridine rings is 1. The molecule has 3 amide bonds. The Morgan fingerprint density at radius 1 is 1.11 bits per heavy atom.